The average molecular weight is 246 g/mol. The summed E-state index contributed by atoms with van der Waals surface area (Å²) >= 11 is 0. The van der Waals surface area contributed by atoms with Crippen molar-refractivity contribution in [2.45, 2.75) is 32.4 Å². The minimum Gasteiger partial charge on any atom is -0.399 e. The fraction of sp³-hybridized carbons (Fsp3) is 0.600. The fourth-order valence-corrected chi connectivity index (χ4v) is 3.05. The Morgan fingerprint density at radius 3 is 2.78 bits per heavy atom. The molecule has 0 unspecified atom stereocenters. The van der Waals surface area contributed by atoms with Gasteiger partial charge in [-0.05, 0) is 47.9 Å². The summed E-state index contributed by atoms with van der Waals surface area (Å²) in [4.78, 5) is 2.56. The van der Waals surface area contributed by atoms with Gasteiger partial charge in [-0.15, -0.1) is 0 Å². The summed E-state index contributed by atoms with van der Waals surface area (Å²) in [6, 6.07) is 6.32. The van der Waals surface area contributed by atoms with Gasteiger partial charge in [0.15, 0.2) is 0 Å². The zero-order valence-corrected chi connectivity index (χ0v) is 11.1. The van der Waals surface area contributed by atoms with Crippen LogP contribution in [0.3, 0.4) is 0 Å². The predicted molar refractivity (Wildman–Crippen MR) is 73.1 cm³/mol. The van der Waals surface area contributed by atoms with Crippen LogP contribution in [0.1, 0.15) is 30.4 Å². The molecule has 0 saturated heterocycles. The Labute approximate surface area is 109 Å². The van der Waals surface area contributed by atoms with E-state index >= 15 is 0 Å². The zero-order valence-electron chi connectivity index (χ0n) is 11.1. The van der Waals surface area contributed by atoms with Crippen LogP contribution in [-0.2, 0) is 17.8 Å². The number of anilines is 1. The second-order valence-corrected chi connectivity index (χ2v) is 5.92. The van der Waals surface area contributed by atoms with Gasteiger partial charge in [0.1, 0.15) is 0 Å². The van der Waals surface area contributed by atoms with Crippen LogP contribution in [0.25, 0.3) is 0 Å². The second-order valence-electron chi connectivity index (χ2n) is 5.92. The lowest BCUT2D eigenvalue weighted by molar-refractivity contribution is 0.146. The van der Waals surface area contributed by atoms with Crippen LogP contribution in [-0.4, -0.2) is 25.2 Å². The monoisotopic (exact) mass is 246 g/mol. The van der Waals surface area contributed by atoms with Gasteiger partial charge in [0, 0.05) is 39.0 Å². The highest BCUT2D eigenvalue weighted by atomic mass is 16.5. The van der Waals surface area contributed by atoms with Crippen LogP contribution in [0.5, 0.6) is 0 Å². The summed E-state index contributed by atoms with van der Waals surface area (Å²) in [5, 5.41) is 0. The first-order valence-electron chi connectivity index (χ1n) is 6.79. The van der Waals surface area contributed by atoms with E-state index < -0.39 is 0 Å². The molecule has 2 N–H and O–H groups in total. The summed E-state index contributed by atoms with van der Waals surface area (Å²) in [5.74, 6) is 0. The quantitative estimate of drug-likeness (QED) is 0.811. The van der Waals surface area contributed by atoms with Crippen LogP contribution >= 0.6 is 0 Å². The van der Waals surface area contributed by atoms with Crippen LogP contribution in [0.15, 0.2) is 18.2 Å². The number of ether oxygens (including phenoxy) is 1. The molecule has 0 bridgehead atoms. The number of benzene rings is 1. The van der Waals surface area contributed by atoms with Crippen LogP contribution in [0, 0.1) is 5.41 Å². The molecule has 0 spiro atoms. The van der Waals surface area contributed by atoms with Gasteiger partial charge in [-0.1, -0.05) is 6.07 Å². The van der Waals surface area contributed by atoms with E-state index in [2.05, 4.69) is 17.0 Å². The van der Waals surface area contributed by atoms with Gasteiger partial charge in [-0.25, -0.2) is 0 Å². The molecule has 0 amide bonds. The van der Waals surface area contributed by atoms with E-state index in [1.54, 1.807) is 7.11 Å². The van der Waals surface area contributed by atoms with Crippen LogP contribution in [0.4, 0.5) is 5.69 Å². The largest absolute Gasteiger partial charge is 0.399 e. The zero-order chi connectivity index (χ0) is 12.6. The Balaban J connectivity index is 1.61. The number of hydrogen-bond acceptors (Lipinski definition) is 3. The minimum absolute atomic E-state index is 0.545. The lowest BCUT2D eigenvalue weighted by Crippen LogP contribution is -2.26. The first kappa shape index (κ1) is 12.0. The number of hydrogen-bond donors (Lipinski definition) is 1. The highest BCUT2D eigenvalue weighted by molar-refractivity contribution is 5.46. The Morgan fingerprint density at radius 1 is 1.28 bits per heavy atom. The van der Waals surface area contributed by atoms with Crippen molar-refractivity contribution in [1.82, 2.24) is 4.90 Å². The van der Waals surface area contributed by atoms with E-state index in [9.17, 15) is 0 Å². The topological polar surface area (TPSA) is 38.5 Å². The molecular weight excluding hydrogens is 224 g/mol. The van der Waals surface area contributed by atoms with Gasteiger partial charge in [0.2, 0.25) is 0 Å². The molecule has 2 aliphatic rings. The van der Waals surface area contributed by atoms with Gasteiger partial charge < -0.3 is 10.5 Å². The molecule has 1 fully saturated rings. The maximum Gasteiger partial charge on any atom is 0.0468 e. The smallest absolute Gasteiger partial charge is 0.0468 e. The number of rotatable bonds is 5. The van der Waals surface area contributed by atoms with Crippen molar-refractivity contribution in [2.24, 2.45) is 5.41 Å². The molecule has 0 radical (unpaired) electrons. The third kappa shape index (κ3) is 2.38. The number of nitrogen functional groups attached to an aromatic ring is 1. The van der Waals surface area contributed by atoms with E-state index in [0.29, 0.717) is 5.41 Å². The predicted octanol–water partition coefficient (Wildman–Crippen LogP) is 2.40. The van der Waals surface area contributed by atoms with Crippen LogP contribution < -0.4 is 5.73 Å². The Kier molecular flexibility index (Phi) is 3.04. The van der Waals surface area contributed by atoms with Crippen molar-refractivity contribution in [3.05, 3.63) is 29.3 Å². The standard InChI is InChI=1S/C15H22N2O/c1-18-7-6-15(4-5-15)11-17-9-12-2-3-14(16)8-13(12)10-17/h2-3,8H,4-7,9-11,16H2,1H3. The average Bonchev–Trinajstić information content (AvgIpc) is 2.99. The number of fused-ring (bicyclic) bond motifs is 1. The molecule has 1 heterocycles. The van der Waals surface area contributed by atoms with Crippen molar-refractivity contribution in [1.29, 1.82) is 0 Å². The van der Waals surface area contributed by atoms with Gasteiger partial charge >= 0.3 is 0 Å². The molecule has 1 aliphatic heterocycles. The van der Waals surface area contributed by atoms with E-state index in [4.69, 9.17) is 10.5 Å². The highest BCUT2D eigenvalue weighted by Crippen LogP contribution is 2.50. The van der Waals surface area contributed by atoms with Gasteiger partial charge in [-0.3, -0.25) is 4.90 Å². The second kappa shape index (κ2) is 4.56. The molecule has 1 aromatic rings. The molecule has 3 rings (SSSR count). The first-order chi connectivity index (χ1) is 8.71. The van der Waals surface area contributed by atoms with Crippen molar-refractivity contribution in [3.63, 3.8) is 0 Å². The lowest BCUT2D eigenvalue weighted by atomic mass is 10.0. The summed E-state index contributed by atoms with van der Waals surface area (Å²) in [6.07, 6.45) is 3.94. The van der Waals surface area contributed by atoms with Crippen molar-refractivity contribution < 1.29 is 4.74 Å². The van der Waals surface area contributed by atoms with E-state index in [1.165, 1.54) is 36.9 Å². The lowest BCUT2D eigenvalue weighted by Gasteiger charge is -2.22. The molecule has 0 atom stereocenters. The van der Waals surface area contributed by atoms with E-state index in [-0.39, 0.29) is 0 Å². The Bertz CT molecular complexity index is 440. The normalized spacial score (nSPS) is 20.9. The summed E-state index contributed by atoms with van der Waals surface area (Å²) in [7, 11) is 1.80. The summed E-state index contributed by atoms with van der Waals surface area (Å²) in [5.41, 5.74) is 10.1. The fourth-order valence-electron chi connectivity index (χ4n) is 3.05. The maximum atomic E-state index is 5.85. The molecule has 1 saturated carbocycles. The van der Waals surface area contributed by atoms with Gasteiger partial charge in [0.25, 0.3) is 0 Å². The number of nitrogens with zero attached hydrogens (tertiary/aromatic N) is 1. The Morgan fingerprint density at radius 2 is 2.06 bits per heavy atom. The molecule has 3 heteroatoms. The third-order valence-electron chi connectivity index (χ3n) is 4.37. The van der Waals surface area contributed by atoms with E-state index in [0.717, 1.165) is 25.4 Å². The Hall–Kier alpha value is -1.06. The number of nitrogens with two attached hydrogens (primary N) is 1. The van der Waals surface area contributed by atoms with Crippen molar-refractivity contribution >= 4 is 5.69 Å². The van der Waals surface area contributed by atoms with Gasteiger partial charge in [-0.2, -0.15) is 0 Å². The van der Waals surface area contributed by atoms with Crippen LogP contribution in [0.2, 0.25) is 0 Å². The number of methoxy groups -OCH3 is 1. The van der Waals surface area contributed by atoms with E-state index in [1.807, 2.05) is 6.07 Å². The first-order valence-corrected chi connectivity index (χ1v) is 6.79. The third-order valence-corrected chi connectivity index (χ3v) is 4.37. The summed E-state index contributed by atoms with van der Waals surface area (Å²) in [6.45, 7) is 4.26. The molecule has 3 nitrogen and oxygen atoms in total. The molecule has 1 aliphatic carbocycles. The SMILES string of the molecule is COCCC1(CN2Cc3ccc(N)cc3C2)CC1. The molecule has 0 aromatic heterocycles. The molecule has 18 heavy (non-hydrogen) atoms. The van der Waals surface area contributed by atoms with Gasteiger partial charge in [0.05, 0.1) is 0 Å². The molecule has 1 aromatic carbocycles. The molecule has 98 valence electrons. The maximum absolute atomic E-state index is 5.85. The van der Waals surface area contributed by atoms with Crippen molar-refractivity contribution in [2.75, 3.05) is 26.0 Å². The summed E-state index contributed by atoms with van der Waals surface area (Å²) < 4.78 is 5.22. The highest BCUT2D eigenvalue weighted by Gasteiger charge is 2.43. The molecular formula is C15H22N2O. The minimum atomic E-state index is 0.545. The van der Waals surface area contributed by atoms with Crippen molar-refractivity contribution in [3.8, 4) is 0 Å².